The van der Waals surface area contributed by atoms with Crippen LogP contribution < -0.4 is 10.3 Å². The molecule has 0 unspecified atom stereocenters. The normalized spacial score (nSPS) is 11.6. The summed E-state index contributed by atoms with van der Waals surface area (Å²) in [6.07, 6.45) is 3.21. The fourth-order valence-electron chi connectivity index (χ4n) is 2.82. The van der Waals surface area contributed by atoms with Crippen LogP contribution in [0.2, 0.25) is 0 Å². The number of nitrogens with one attached hydrogen (secondary N) is 1. The van der Waals surface area contributed by atoms with Crippen LogP contribution in [0.1, 0.15) is 0 Å². The Labute approximate surface area is 143 Å². The molecule has 4 heterocycles. The molecule has 5 aromatic rings. The van der Waals surface area contributed by atoms with Crippen LogP contribution in [0.3, 0.4) is 0 Å². The van der Waals surface area contributed by atoms with Gasteiger partial charge in [-0.2, -0.15) is 10.1 Å². The molecule has 122 valence electrons. The van der Waals surface area contributed by atoms with E-state index in [1.165, 1.54) is 11.3 Å². The number of aromatic amines is 1. The Morgan fingerprint density at radius 3 is 2.76 bits per heavy atom. The summed E-state index contributed by atoms with van der Waals surface area (Å²) in [5, 5.41) is 7.29. The molecule has 8 nitrogen and oxygen atoms in total. The third-order valence-corrected chi connectivity index (χ3v) is 5.04. The molecule has 0 amide bonds. The van der Waals surface area contributed by atoms with Gasteiger partial charge in [0, 0.05) is 18.0 Å². The van der Waals surface area contributed by atoms with Gasteiger partial charge in [-0.15, -0.1) is 11.3 Å². The highest BCUT2D eigenvalue weighted by molar-refractivity contribution is 7.25. The minimum absolute atomic E-state index is 0.309. The second-order valence-electron chi connectivity index (χ2n) is 5.35. The zero-order chi connectivity index (χ0) is 17.0. The van der Waals surface area contributed by atoms with Crippen LogP contribution in [0.15, 0.2) is 41.5 Å². The van der Waals surface area contributed by atoms with Crippen molar-refractivity contribution in [3.8, 4) is 17.0 Å². The standard InChI is InChI=1S/C16H10N6O2S/c1-24-9-4-2-8(3-5-9)10-14-19-15(23)13-12(22(14)21-20-10)11-16(25-13)18-7-6-17-11/h2-7,21H,1H3. The summed E-state index contributed by atoms with van der Waals surface area (Å²) >= 11 is 1.28. The maximum atomic E-state index is 12.5. The van der Waals surface area contributed by atoms with E-state index in [2.05, 4.69) is 25.3 Å². The molecule has 0 aliphatic carbocycles. The summed E-state index contributed by atoms with van der Waals surface area (Å²) in [4.78, 5) is 26.1. The molecule has 25 heavy (non-hydrogen) atoms. The SMILES string of the molecule is COc1ccc(-c2n[nH]n3c2nc(=O)c2sc4nccnc4c23)cc1. The lowest BCUT2D eigenvalue weighted by Gasteiger charge is -2.01. The molecule has 1 aromatic carbocycles. The smallest absolute Gasteiger partial charge is 0.291 e. The van der Waals surface area contributed by atoms with Crippen LogP contribution in [0.5, 0.6) is 5.75 Å². The van der Waals surface area contributed by atoms with E-state index < -0.39 is 0 Å². The van der Waals surface area contributed by atoms with Crippen LogP contribution >= 0.6 is 11.3 Å². The molecule has 0 saturated carbocycles. The monoisotopic (exact) mass is 350 g/mol. The van der Waals surface area contributed by atoms with Gasteiger partial charge in [0.05, 0.1) is 7.11 Å². The molecular weight excluding hydrogens is 340 g/mol. The summed E-state index contributed by atoms with van der Waals surface area (Å²) in [7, 11) is 1.61. The van der Waals surface area contributed by atoms with E-state index in [0.717, 1.165) is 11.3 Å². The maximum Gasteiger partial charge on any atom is 0.291 e. The largest absolute Gasteiger partial charge is 0.497 e. The number of benzene rings is 1. The topological polar surface area (TPSA) is 98.1 Å². The Hall–Kier alpha value is -3.33. The Balaban J connectivity index is 1.87. The highest BCUT2D eigenvalue weighted by atomic mass is 32.1. The fourth-order valence-corrected chi connectivity index (χ4v) is 3.79. The minimum atomic E-state index is -0.309. The second-order valence-corrected chi connectivity index (χ2v) is 6.35. The summed E-state index contributed by atoms with van der Waals surface area (Å²) in [5.41, 5.74) is 2.86. The number of rotatable bonds is 2. The van der Waals surface area contributed by atoms with E-state index in [9.17, 15) is 4.79 Å². The number of hydrogen-bond acceptors (Lipinski definition) is 7. The van der Waals surface area contributed by atoms with Crippen LogP contribution in [0, 0.1) is 0 Å². The molecule has 0 radical (unpaired) electrons. The van der Waals surface area contributed by atoms with Gasteiger partial charge < -0.3 is 4.74 Å². The van der Waals surface area contributed by atoms with E-state index in [-0.39, 0.29) is 5.56 Å². The number of nitrogens with zero attached hydrogens (tertiary/aromatic N) is 5. The number of thiophene rings is 1. The lowest BCUT2D eigenvalue weighted by molar-refractivity contribution is 0.415. The molecule has 5 rings (SSSR count). The molecule has 0 saturated heterocycles. The summed E-state index contributed by atoms with van der Waals surface area (Å²) in [6.45, 7) is 0. The van der Waals surface area contributed by atoms with Crippen molar-refractivity contribution in [2.45, 2.75) is 0 Å². The average molecular weight is 350 g/mol. The minimum Gasteiger partial charge on any atom is -0.497 e. The van der Waals surface area contributed by atoms with Gasteiger partial charge in [-0.25, -0.2) is 19.7 Å². The Kier molecular flexibility index (Phi) is 2.86. The van der Waals surface area contributed by atoms with Crippen LogP contribution in [0.4, 0.5) is 0 Å². The highest BCUT2D eigenvalue weighted by Crippen LogP contribution is 2.30. The van der Waals surface area contributed by atoms with Gasteiger partial charge >= 0.3 is 0 Å². The van der Waals surface area contributed by atoms with Crippen molar-refractivity contribution in [3.63, 3.8) is 0 Å². The molecule has 0 aliphatic heterocycles. The second kappa shape index (κ2) is 5.08. The van der Waals surface area contributed by atoms with Crippen LogP contribution in [-0.4, -0.2) is 36.9 Å². The number of methoxy groups -OCH3 is 1. The van der Waals surface area contributed by atoms with Crippen LogP contribution in [0.25, 0.3) is 37.5 Å². The number of fused-ring (bicyclic) bond motifs is 5. The Morgan fingerprint density at radius 2 is 1.96 bits per heavy atom. The zero-order valence-electron chi connectivity index (χ0n) is 12.9. The molecule has 0 bridgehead atoms. The van der Waals surface area contributed by atoms with Crippen molar-refractivity contribution in [1.29, 1.82) is 0 Å². The molecular formula is C16H10N6O2S. The Bertz CT molecular complexity index is 1300. The van der Waals surface area contributed by atoms with Gasteiger partial charge in [0.15, 0.2) is 5.65 Å². The van der Waals surface area contributed by atoms with Crippen LogP contribution in [-0.2, 0) is 0 Å². The van der Waals surface area contributed by atoms with Crippen molar-refractivity contribution >= 4 is 37.5 Å². The molecule has 0 spiro atoms. The molecule has 0 atom stereocenters. The summed E-state index contributed by atoms with van der Waals surface area (Å²) in [5.74, 6) is 0.746. The van der Waals surface area contributed by atoms with Gasteiger partial charge in [0.2, 0.25) is 0 Å². The first-order chi connectivity index (χ1) is 12.3. The number of aromatic nitrogens is 6. The van der Waals surface area contributed by atoms with E-state index in [0.29, 0.717) is 31.9 Å². The molecule has 0 aliphatic rings. The lowest BCUT2D eigenvalue weighted by Crippen LogP contribution is -2.08. The van der Waals surface area contributed by atoms with Crippen molar-refractivity contribution in [1.82, 2.24) is 29.8 Å². The first-order valence-corrected chi connectivity index (χ1v) is 8.22. The van der Waals surface area contributed by atoms with E-state index >= 15 is 0 Å². The predicted molar refractivity (Wildman–Crippen MR) is 94.1 cm³/mol. The zero-order valence-corrected chi connectivity index (χ0v) is 13.7. The Morgan fingerprint density at radius 1 is 1.16 bits per heavy atom. The van der Waals surface area contributed by atoms with E-state index in [1.807, 2.05) is 24.3 Å². The van der Waals surface area contributed by atoms with Crippen molar-refractivity contribution in [2.75, 3.05) is 7.11 Å². The van der Waals surface area contributed by atoms with Gasteiger partial charge in [-0.3, -0.25) is 4.79 Å². The van der Waals surface area contributed by atoms with E-state index in [4.69, 9.17) is 4.74 Å². The summed E-state index contributed by atoms with van der Waals surface area (Å²) in [6, 6.07) is 7.42. The fraction of sp³-hybridized carbons (Fsp3) is 0.0625. The van der Waals surface area contributed by atoms with Gasteiger partial charge in [0.25, 0.3) is 5.56 Å². The maximum absolute atomic E-state index is 12.5. The van der Waals surface area contributed by atoms with Gasteiger partial charge in [0.1, 0.15) is 32.0 Å². The first kappa shape index (κ1) is 14.1. The number of hydrogen-bond donors (Lipinski definition) is 1. The average Bonchev–Trinajstić information content (AvgIpc) is 3.23. The van der Waals surface area contributed by atoms with Gasteiger partial charge in [-0.1, -0.05) is 0 Å². The molecule has 4 aromatic heterocycles. The molecule has 0 fully saturated rings. The van der Waals surface area contributed by atoms with Gasteiger partial charge in [-0.05, 0) is 24.3 Å². The lowest BCUT2D eigenvalue weighted by atomic mass is 10.1. The van der Waals surface area contributed by atoms with Crippen molar-refractivity contribution in [3.05, 3.63) is 47.0 Å². The first-order valence-electron chi connectivity index (χ1n) is 7.41. The number of H-pyrrole nitrogens is 1. The summed E-state index contributed by atoms with van der Waals surface area (Å²) < 4.78 is 7.36. The van der Waals surface area contributed by atoms with Crippen molar-refractivity contribution < 1.29 is 4.74 Å². The quantitative estimate of drug-likeness (QED) is 0.524. The van der Waals surface area contributed by atoms with Crippen molar-refractivity contribution in [2.24, 2.45) is 0 Å². The predicted octanol–water partition coefficient (Wildman–Crippen LogP) is 2.25. The third kappa shape index (κ3) is 1.96. The third-order valence-electron chi connectivity index (χ3n) is 3.98. The number of ether oxygens (including phenoxy) is 1. The molecule has 1 N–H and O–H groups in total. The molecule has 9 heteroatoms. The van der Waals surface area contributed by atoms with E-state index in [1.54, 1.807) is 24.0 Å². The highest BCUT2D eigenvalue weighted by Gasteiger charge is 2.18.